The fraction of sp³-hybridized carbons (Fsp3) is 0.316. The Morgan fingerprint density at radius 3 is 2.76 bits per heavy atom. The van der Waals surface area contributed by atoms with E-state index < -0.39 is 0 Å². The van der Waals surface area contributed by atoms with Crippen LogP contribution in [0.4, 0.5) is 22.0 Å². The van der Waals surface area contributed by atoms with Gasteiger partial charge in [-0.3, -0.25) is 14.6 Å². The first-order chi connectivity index (χ1) is 14.0. The van der Waals surface area contributed by atoms with Crippen LogP contribution in [0.3, 0.4) is 0 Å². The Kier molecular flexibility index (Phi) is 3.86. The highest BCUT2D eigenvalue weighted by Gasteiger charge is 2.36. The Morgan fingerprint density at radius 1 is 1.24 bits per heavy atom. The van der Waals surface area contributed by atoms with Gasteiger partial charge in [0.25, 0.3) is 0 Å². The Labute approximate surface area is 166 Å². The predicted molar refractivity (Wildman–Crippen MR) is 106 cm³/mol. The number of rotatable bonds is 5. The van der Waals surface area contributed by atoms with Crippen LogP contribution in [-0.2, 0) is 11.3 Å². The van der Waals surface area contributed by atoms with Crippen molar-refractivity contribution in [2.75, 3.05) is 29.5 Å². The highest BCUT2D eigenvalue weighted by Crippen LogP contribution is 2.42. The summed E-state index contributed by atoms with van der Waals surface area (Å²) in [6, 6.07) is 3.37. The number of nitrogens with one attached hydrogen (secondary N) is 1. The van der Waals surface area contributed by atoms with Gasteiger partial charge in [0.05, 0.1) is 29.8 Å². The molecular weight excluding hydrogens is 372 g/mol. The van der Waals surface area contributed by atoms with Gasteiger partial charge < -0.3 is 15.5 Å². The lowest BCUT2D eigenvalue weighted by Gasteiger charge is -2.17. The van der Waals surface area contributed by atoms with Gasteiger partial charge in [-0.25, -0.2) is 9.78 Å². The normalized spacial score (nSPS) is 16.9. The molecule has 1 saturated heterocycles. The number of nitrogens with two attached hydrogens (primary N) is 1. The summed E-state index contributed by atoms with van der Waals surface area (Å²) in [7, 11) is 1.50. The topological polar surface area (TPSA) is 122 Å². The molecule has 3 amide bonds. The van der Waals surface area contributed by atoms with Crippen molar-refractivity contribution in [3.05, 3.63) is 42.0 Å². The number of hydrogen-bond donors (Lipinski definition) is 2. The number of anilines is 3. The summed E-state index contributed by atoms with van der Waals surface area (Å²) in [6.07, 6.45) is 7.86. The first-order valence-electron chi connectivity index (χ1n) is 9.41. The number of pyridine rings is 1. The number of fused-ring (bicyclic) bond motifs is 1. The third-order valence-corrected chi connectivity index (χ3v) is 5.27. The van der Waals surface area contributed by atoms with E-state index in [9.17, 15) is 9.59 Å². The van der Waals surface area contributed by atoms with Crippen molar-refractivity contribution >= 4 is 34.8 Å². The molecule has 148 valence electrons. The number of hydrogen-bond acceptors (Lipinski definition) is 7. The maximum Gasteiger partial charge on any atom is 0.331 e. The highest BCUT2D eigenvalue weighted by molar-refractivity contribution is 6.13. The molecule has 0 bridgehead atoms. The van der Waals surface area contributed by atoms with Crippen LogP contribution in [-0.4, -0.2) is 50.0 Å². The molecule has 0 atom stereocenters. The van der Waals surface area contributed by atoms with Crippen molar-refractivity contribution in [2.45, 2.75) is 25.3 Å². The molecule has 29 heavy (non-hydrogen) atoms. The molecule has 3 aromatic rings. The number of carbonyl (C=O) groups excluding carboxylic acids is 2. The van der Waals surface area contributed by atoms with E-state index in [2.05, 4.69) is 21.7 Å². The number of imide groups is 1. The van der Waals surface area contributed by atoms with E-state index in [1.54, 1.807) is 12.3 Å². The molecular formula is C19H20N8O2. The molecule has 2 fully saturated rings. The number of carbonyl (C=O) groups is 2. The molecule has 0 unspecified atom stereocenters. The minimum Gasteiger partial charge on any atom is -0.382 e. The molecule has 0 spiro atoms. The second-order valence-electron chi connectivity index (χ2n) is 7.44. The molecule has 2 aliphatic rings. The van der Waals surface area contributed by atoms with Crippen LogP contribution in [0.15, 0.2) is 30.7 Å². The smallest absolute Gasteiger partial charge is 0.331 e. The fourth-order valence-corrected chi connectivity index (χ4v) is 3.53. The summed E-state index contributed by atoms with van der Waals surface area (Å²) in [5, 5.41) is 10.8. The Bertz CT molecular complexity index is 1140. The van der Waals surface area contributed by atoms with Crippen molar-refractivity contribution in [2.24, 2.45) is 0 Å². The van der Waals surface area contributed by atoms with Crippen LogP contribution >= 0.6 is 0 Å². The van der Waals surface area contributed by atoms with E-state index in [0.717, 1.165) is 34.7 Å². The zero-order chi connectivity index (χ0) is 20.1. The maximum atomic E-state index is 12.6. The third kappa shape index (κ3) is 3.12. The Balaban J connectivity index is 1.50. The number of likely N-dealkylation sites (N-methyl/N-ethyl adjacent to an activating group) is 1. The van der Waals surface area contributed by atoms with Gasteiger partial charge in [0.15, 0.2) is 5.65 Å². The van der Waals surface area contributed by atoms with Crippen molar-refractivity contribution < 1.29 is 9.59 Å². The molecule has 3 aromatic heterocycles. The first-order valence-corrected chi connectivity index (χ1v) is 9.41. The summed E-state index contributed by atoms with van der Waals surface area (Å²) >= 11 is 0. The number of amides is 3. The summed E-state index contributed by atoms with van der Waals surface area (Å²) in [5.74, 6) is 0.614. The van der Waals surface area contributed by atoms with Crippen LogP contribution in [0.5, 0.6) is 0 Å². The van der Waals surface area contributed by atoms with Crippen LogP contribution < -0.4 is 16.0 Å². The minimum atomic E-state index is -0.328. The van der Waals surface area contributed by atoms with Crippen LogP contribution in [0.25, 0.3) is 5.65 Å². The molecule has 1 saturated carbocycles. The van der Waals surface area contributed by atoms with E-state index in [0.29, 0.717) is 29.6 Å². The molecule has 10 nitrogen and oxygen atoms in total. The monoisotopic (exact) mass is 392 g/mol. The number of nitrogens with zero attached hydrogens (tertiary/aromatic N) is 6. The second kappa shape index (κ2) is 6.43. The Hall–Kier alpha value is -3.69. The van der Waals surface area contributed by atoms with Crippen LogP contribution in [0, 0.1) is 0 Å². The van der Waals surface area contributed by atoms with Crippen LogP contribution in [0.1, 0.15) is 30.0 Å². The summed E-state index contributed by atoms with van der Waals surface area (Å²) < 4.78 is 1.94. The maximum absolute atomic E-state index is 12.6. The quantitative estimate of drug-likeness (QED) is 0.632. The SMILES string of the molecule is CN1C(=O)CN(c2cc(C3CC3)cn3cc(CNc4cnnc(N)c4)nc23)C1=O. The van der Waals surface area contributed by atoms with E-state index >= 15 is 0 Å². The largest absolute Gasteiger partial charge is 0.382 e. The molecule has 1 aliphatic carbocycles. The van der Waals surface area contributed by atoms with E-state index in [-0.39, 0.29) is 18.5 Å². The molecule has 5 rings (SSSR count). The fourth-order valence-electron chi connectivity index (χ4n) is 3.53. The summed E-state index contributed by atoms with van der Waals surface area (Å²) in [5.41, 5.74) is 9.67. The molecule has 3 N–H and O–H groups in total. The molecule has 4 heterocycles. The minimum absolute atomic E-state index is 0.0293. The standard InChI is InChI=1S/C19H20N8O2/c1-25-17(28)10-27(19(25)29)15-4-12(11-2-3-11)8-26-9-14(23-18(15)26)6-21-13-5-16(20)24-22-7-13/h4-5,7-9,11H,2-3,6,10H2,1H3,(H3,20,21,24). The Morgan fingerprint density at radius 2 is 2.07 bits per heavy atom. The van der Waals surface area contributed by atoms with E-state index in [1.165, 1.54) is 11.9 Å². The van der Waals surface area contributed by atoms with Gasteiger partial charge >= 0.3 is 6.03 Å². The van der Waals surface area contributed by atoms with Gasteiger partial charge in [-0.15, -0.1) is 5.10 Å². The molecule has 1 aliphatic heterocycles. The van der Waals surface area contributed by atoms with Gasteiger partial charge in [0.2, 0.25) is 5.91 Å². The van der Waals surface area contributed by atoms with Crippen molar-refractivity contribution in [3.63, 3.8) is 0 Å². The lowest BCUT2D eigenvalue weighted by Crippen LogP contribution is -2.30. The van der Waals surface area contributed by atoms with Gasteiger partial charge in [-0.2, -0.15) is 5.10 Å². The highest BCUT2D eigenvalue weighted by atomic mass is 16.2. The number of urea groups is 1. The molecule has 0 radical (unpaired) electrons. The predicted octanol–water partition coefficient (Wildman–Crippen LogP) is 1.59. The molecule has 10 heteroatoms. The zero-order valence-corrected chi connectivity index (χ0v) is 15.9. The zero-order valence-electron chi connectivity index (χ0n) is 15.9. The van der Waals surface area contributed by atoms with Gasteiger partial charge in [-0.05, 0) is 30.4 Å². The van der Waals surface area contributed by atoms with Gasteiger partial charge in [0.1, 0.15) is 12.4 Å². The third-order valence-electron chi connectivity index (χ3n) is 5.27. The number of nitrogen functional groups attached to an aromatic ring is 1. The van der Waals surface area contributed by atoms with E-state index in [4.69, 9.17) is 10.7 Å². The van der Waals surface area contributed by atoms with Gasteiger partial charge in [-0.1, -0.05) is 0 Å². The lowest BCUT2D eigenvalue weighted by molar-refractivity contribution is -0.123. The second-order valence-corrected chi connectivity index (χ2v) is 7.44. The van der Waals surface area contributed by atoms with Crippen LogP contribution in [0.2, 0.25) is 0 Å². The van der Waals surface area contributed by atoms with Gasteiger partial charge in [0, 0.05) is 25.5 Å². The van der Waals surface area contributed by atoms with Crippen molar-refractivity contribution in [3.8, 4) is 0 Å². The first kappa shape index (κ1) is 17.4. The number of imidazole rings is 1. The summed E-state index contributed by atoms with van der Waals surface area (Å²) in [6.45, 7) is 0.485. The average Bonchev–Trinajstić information content (AvgIpc) is 3.42. The van der Waals surface area contributed by atoms with Crippen molar-refractivity contribution in [1.29, 1.82) is 0 Å². The molecule has 0 aromatic carbocycles. The van der Waals surface area contributed by atoms with E-state index in [1.807, 2.05) is 16.7 Å². The lowest BCUT2D eigenvalue weighted by atomic mass is 10.1. The average molecular weight is 392 g/mol. The summed E-state index contributed by atoms with van der Waals surface area (Å²) in [4.78, 5) is 32.0. The number of aromatic nitrogens is 4. The van der Waals surface area contributed by atoms with Crippen molar-refractivity contribution in [1.82, 2.24) is 24.5 Å².